The molecule has 0 spiro atoms. The van der Waals surface area contributed by atoms with Crippen molar-refractivity contribution in [2.75, 3.05) is 0 Å². The van der Waals surface area contributed by atoms with E-state index in [1.807, 2.05) is 0 Å². The normalized spacial score (nSPS) is 12.9. The predicted octanol–water partition coefficient (Wildman–Crippen LogP) is 0.756. The molecule has 1 rings (SSSR count). The van der Waals surface area contributed by atoms with Crippen molar-refractivity contribution in [3.05, 3.63) is 24.3 Å². The molecular formula is C8H13N3. The third-order valence-corrected chi connectivity index (χ3v) is 1.59. The first kappa shape index (κ1) is 8.14. The number of nitrogens with two attached hydrogens (primary N) is 1. The molecule has 1 unspecified atom stereocenters. The van der Waals surface area contributed by atoms with Gasteiger partial charge in [-0.25, -0.2) is 9.97 Å². The van der Waals surface area contributed by atoms with Crippen molar-refractivity contribution >= 4 is 0 Å². The van der Waals surface area contributed by atoms with Gasteiger partial charge in [0.2, 0.25) is 0 Å². The van der Waals surface area contributed by atoms with Crippen LogP contribution in [0.3, 0.4) is 0 Å². The summed E-state index contributed by atoms with van der Waals surface area (Å²) in [5, 5.41) is 0. The van der Waals surface area contributed by atoms with E-state index in [0.717, 1.165) is 18.7 Å². The van der Waals surface area contributed by atoms with E-state index >= 15 is 0 Å². The number of hydrogen-bond acceptors (Lipinski definition) is 3. The van der Waals surface area contributed by atoms with Gasteiger partial charge in [-0.15, -0.1) is 0 Å². The lowest BCUT2D eigenvalue weighted by Gasteiger charge is -2.05. The number of nitrogens with zero attached hydrogens (tertiary/aromatic N) is 2. The minimum atomic E-state index is 0.192. The zero-order valence-corrected chi connectivity index (χ0v) is 6.70. The van der Waals surface area contributed by atoms with Crippen LogP contribution in [0.25, 0.3) is 0 Å². The van der Waals surface area contributed by atoms with E-state index in [2.05, 4.69) is 16.9 Å². The summed E-state index contributed by atoms with van der Waals surface area (Å²) < 4.78 is 0. The molecule has 1 aromatic rings. The second-order valence-electron chi connectivity index (χ2n) is 2.54. The molecule has 1 atom stereocenters. The van der Waals surface area contributed by atoms with Crippen molar-refractivity contribution in [3.8, 4) is 0 Å². The first-order valence-electron chi connectivity index (χ1n) is 3.84. The minimum Gasteiger partial charge on any atom is -0.327 e. The summed E-state index contributed by atoms with van der Waals surface area (Å²) >= 11 is 0. The molecule has 2 N–H and O–H groups in total. The Morgan fingerprint density at radius 1 is 1.45 bits per heavy atom. The van der Waals surface area contributed by atoms with Gasteiger partial charge in [-0.2, -0.15) is 0 Å². The Hall–Kier alpha value is -0.960. The smallest absolute Gasteiger partial charge is 0.129 e. The van der Waals surface area contributed by atoms with Crippen molar-refractivity contribution in [3.63, 3.8) is 0 Å². The van der Waals surface area contributed by atoms with E-state index in [0.29, 0.717) is 0 Å². The van der Waals surface area contributed by atoms with Gasteiger partial charge < -0.3 is 5.73 Å². The van der Waals surface area contributed by atoms with Gasteiger partial charge in [0.05, 0.1) is 0 Å². The minimum absolute atomic E-state index is 0.192. The fourth-order valence-corrected chi connectivity index (χ4v) is 0.814. The van der Waals surface area contributed by atoms with E-state index in [4.69, 9.17) is 5.73 Å². The lowest BCUT2D eigenvalue weighted by atomic mass is 10.1. The molecule has 1 heterocycles. The Labute approximate surface area is 66.7 Å². The Kier molecular flexibility index (Phi) is 2.98. The predicted molar refractivity (Wildman–Crippen MR) is 44.0 cm³/mol. The third-order valence-electron chi connectivity index (χ3n) is 1.59. The van der Waals surface area contributed by atoms with Crippen LogP contribution in [0.4, 0.5) is 0 Å². The molecule has 3 nitrogen and oxygen atoms in total. The number of rotatable bonds is 3. The van der Waals surface area contributed by atoms with Gasteiger partial charge in [0.1, 0.15) is 5.82 Å². The summed E-state index contributed by atoms with van der Waals surface area (Å²) in [5.74, 6) is 0.835. The summed E-state index contributed by atoms with van der Waals surface area (Å²) in [6, 6.07) is 2.00. The van der Waals surface area contributed by atoms with Crippen molar-refractivity contribution in [1.82, 2.24) is 9.97 Å². The summed E-state index contributed by atoms with van der Waals surface area (Å²) in [5.41, 5.74) is 5.72. The van der Waals surface area contributed by atoms with Gasteiger partial charge in [-0.1, -0.05) is 6.92 Å². The van der Waals surface area contributed by atoms with E-state index in [1.165, 1.54) is 0 Å². The molecule has 0 saturated carbocycles. The standard InChI is InChI=1S/C8H13N3/c1-2-7(9)6-8-10-4-3-5-11-8/h3-5,7H,2,6,9H2,1H3. The first-order valence-corrected chi connectivity index (χ1v) is 3.84. The van der Waals surface area contributed by atoms with Crippen LogP contribution >= 0.6 is 0 Å². The van der Waals surface area contributed by atoms with Crippen LogP contribution in [0.2, 0.25) is 0 Å². The quantitative estimate of drug-likeness (QED) is 0.693. The molecule has 0 aliphatic heterocycles. The molecule has 0 saturated heterocycles. The van der Waals surface area contributed by atoms with E-state index in [9.17, 15) is 0 Å². The van der Waals surface area contributed by atoms with Crippen molar-refractivity contribution in [2.45, 2.75) is 25.8 Å². The topological polar surface area (TPSA) is 51.8 Å². The van der Waals surface area contributed by atoms with E-state index in [-0.39, 0.29) is 6.04 Å². The van der Waals surface area contributed by atoms with Gasteiger partial charge >= 0.3 is 0 Å². The Morgan fingerprint density at radius 3 is 2.64 bits per heavy atom. The van der Waals surface area contributed by atoms with Crippen LogP contribution in [-0.2, 0) is 6.42 Å². The highest BCUT2D eigenvalue weighted by atomic mass is 14.9. The zero-order valence-electron chi connectivity index (χ0n) is 6.70. The molecule has 60 valence electrons. The summed E-state index contributed by atoms with van der Waals surface area (Å²) in [6.45, 7) is 2.06. The number of aromatic nitrogens is 2. The van der Waals surface area contributed by atoms with E-state index < -0.39 is 0 Å². The highest BCUT2D eigenvalue weighted by Crippen LogP contribution is 1.95. The molecule has 0 bridgehead atoms. The largest absolute Gasteiger partial charge is 0.327 e. The summed E-state index contributed by atoms with van der Waals surface area (Å²) in [4.78, 5) is 8.15. The molecule has 0 radical (unpaired) electrons. The number of hydrogen-bond donors (Lipinski definition) is 1. The van der Waals surface area contributed by atoms with Crippen LogP contribution in [0.5, 0.6) is 0 Å². The van der Waals surface area contributed by atoms with Crippen molar-refractivity contribution < 1.29 is 0 Å². The van der Waals surface area contributed by atoms with Crippen LogP contribution in [-0.4, -0.2) is 16.0 Å². The molecule has 0 aliphatic rings. The zero-order chi connectivity index (χ0) is 8.10. The maximum Gasteiger partial charge on any atom is 0.129 e. The van der Waals surface area contributed by atoms with Gasteiger partial charge in [0.25, 0.3) is 0 Å². The lowest BCUT2D eigenvalue weighted by molar-refractivity contribution is 0.624. The Balaban J connectivity index is 2.51. The highest BCUT2D eigenvalue weighted by molar-refractivity contribution is 4.90. The Morgan fingerprint density at radius 2 is 2.09 bits per heavy atom. The third kappa shape index (κ3) is 2.63. The lowest BCUT2D eigenvalue weighted by Crippen LogP contribution is -2.22. The van der Waals surface area contributed by atoms with Crippen LogP contribution < -0.4 is 5.73 Å². The maximum absolute atomic E-state index is 5.72. The summed E-state index contributed by atoms with van der Waals surface area (Å²) in [6.07, 6.45) is 5.23. The van der Waals surface area contributed by atoms with Crippen molar-refractivity contribution in [1.29, 1.82) is 0 Å². The maximum atomic E-state index is 5.72. The second kappa shape index (κ2) is 4.03. The van der Waals surface area contributed by atoms with Crippen molar-refractivity contribution in [2.24, 2.45) is 5.73 Å². The molecule has 11 heavy (non-hydrogen) atoms. The van der Waals surface area contributed by atoms with Crippen LogP contribution in [0.1, 0.15) is 19.2 Å². The fraction of sp³-hybridized carbons (Fsp3) is 0.500. The van der Waals surface area contributed by atoms with Crippen LogP contribution in [0.15, 0.2) is 18.5 Å². The average Bonchev–Trinajstić information content (AvgIpc) is 2.06. The van der Waals surface area contributed by atoms with E-state index in [1.54, 1.807) is 18.5 Å². The molecule has 3 heteroatoms. The molecule has 0 fully saturated rings. The SMILES string of the molecule is CCC(N)Cc1ncccn1. The first-order chi connectivity index (χ1) is 5.33. The second-order valence-corrected chi connectivity index (χ2v) is 2.54. The highest BCUT2D eigenvalue weighted by Gasteiger charge is 2.01. The molecule has 0 amide bonds. The molecule has 0 aromatic carbocycles. The molecule has 1 aromatic heterocycles. The van der Waals surface area contributed by atoms with Crippen LogP contribution in [0, 0.1) is 0 Å². The van der Waals surface area contributed by atoms with Gasteiger partial charge in [-0.3, -0.25) is 0 Å². The monoisotopic (exact) mass is 151 g/mol. The van der Waals surface area contributed by atoms with Gasteiger partial charge in [-0.05, 0) is 12.5 Å². The molecule has 0 aliphatic carbocycles. The average molecular weight is 151 g/mol. The summed E-state index contributed by atoms with van der Waals surface area (Å²) in [7, 11) is 0. The van der Waals surface area contributed by atoms with Gasteiger partial charge in [0, 0.05) is 24.9 Å². The Bertz CT molecular complexity index is 198. The van der Waals surface area contributed by atoms with Gasteiger partial charge in [0.15, 0.2) is 0 Å². The molecular weight excluding hydrogens is 138 g/mol. The fourth-order valence-electron chi connectivity index (χ4n) is 0.814.